The van der Waals surface area contributed by atoms with Crippen molar-refractivity contribution in [2.45, 2.75) is 58.4 Å². The summed E-state index contributed by atoms with van der Waals surface area (Å²) < 4.78 is 38.7. The van der Waals surface area contributed by atoms with E-state index in [2.05, 4.69) is 29.0 Å². The van der Waals surface area contributed by atoms with E-state index in [1.807, 2.05) is 11.0 Å². The van der Waals surface area contributed by atoms with E-state index in [-0.39, 0.29) is 23.8 Å². The second kappa shape index (κ2) is 10.4. The Morgan fingerprint density at radius 3 is 2.60 bits per heavy atom. The first-order chi connectivity index (χ1) is 16.6. The van der Waals surface area contributed by atoms with Crippen LogP contribution in [-0.2, 0) is 24.1 Å². The predicted octanol–water partition coefficient (Wildman–Crippen LogP) is 4.56. The van der Waals surface area contributed by atoms with Crippen molar-refractivity contribution in [3.05, 3.63) is 64.5 Å². The van der Waals surface area contributed by atoms with Gasteiger partial charge < -0.3 is 10.2 Å². The zero-order valence-electron chi connectivity index (χ0n) is 20.1. The summed E-state index contributed by atoms with van der Waals surface area (Å²) >= 11 is 0. The first-order valence-corrected chi connectivity index (χ1v) is 12.1. The molecule has 1 saturated heterocycles. The van der Waals surface area contributed by atoms with E-state index in [0.29, 0.717) is 44.6 Å². The van der Waals surface area contributed by atoms with Crippen LogP contribution in [0.2, 0.25) is 0 Å². The number of halogens is 3. The Hall–Kier alpha value is -2.94. The molecular formula is C26H31F3N4O2. The molecule has 2 amide bonds. The molecule has 0 unspecified atom stereocenters. The molecule has 1 N–H and O–H groups in total. The number of benzene rings is 1. The standard InChI is InChI=1S/C26H31F3N4O2/c1-17(2)24-23-20(16-33(24)15-18-6-8-21(9-7-18)26(27,28)29)13-19(14-31-23)25(35)30-10-4-12-32-11-3-5-22(32)34/h6-9,13-14,17,24H,3-5,10-12,15-16H2,1-2H3,(H,30,35)/t24-/m0/s1. The van der Waals surface area contributed by atoms with Crippen molar-refractivity contribution in [2.75, 3.05) is 19.6 Å². The number of hydrogen-bond donors (Lipinski definition) is 1. The van der Waals surface area contributed by atoms with Crippen LogP contribution in [0, 0.1) is 5.92 Å². The van der Waals surface area contributed by atoms with Crippen LogP contribution in [0.5, 0.6) is 0 Å². The molecule has 0 aliphatic carbocycles. The molecule has 9 heteroatoms. The maximum atomic E-state index is 12.9. The van der Waals surface area contributed by atoms with Gasteiger partial charge in [-0.1, -0.05) is 26.0 Å². The molecule has 35 heavy (non-hydrogen) atoms. The fraction of sp³-hybridized carbons (Fsp3) is 0.500. The zero-order valence-corrected chi connectivity index (χ0v) is 20.1. The number of likely N-dealkylation sites (tertiary alicyclic amines) is 1. The van der Waals surface area contributed by atoms with Crippen LogP contribution in [0.25, 0.3) is 0 Å². The molecule has 188 valence electrons. The van der Waals surface area contributed by atoms with E-state index in [0.717, 1.165) is 41.9 Å². The van der Waals surface area contributed by atoms with Crippen LogP contribution in [0.15, 0.2) is 36.5 Å². The summed E-state index contributed by atoms with van der Waals surface area (Å²) in [6.07, 6.45) is -0.545. The van der Waals surface area contributed by atoms with E-state index in [1.54, 1.807) is 6.20 Å². The molecule has 2 aliphatic heterocycles. The van der Waals surface area contributed by atoms with E-state index in [9.17, 15) is 22.8 Å². The van der Waals surface area contributed by atoms with Gasteiger partial charge in [-0.25, -0.2) is 0 Å². The van der Waals surface area contributed by atoms with Gasteiger partial charge in [0.25, 0.3) is 5.91 Å². The number of nitrogens with zero attached hydrogens (tertiary/aromatic N) is 3. The third-order valence-electron chi connectivity index (χ3n) is 6.67. The highest BCUT2D eigenvalue weighted by atomic mass is 19.4. The van der Waals surface area contributed by atoms with Gasteiger partial charge in [0.15, 0.2) is 0 Å². The molecule has 0 spiro atoms. The van der Waals surface area contributed by atoms with Gasteiger partial charge in [0.1, 0.15) is 0 Å². The Bertz CT molecular complexity index is 1070. The van der Waals surface area contributed by atoms with Gasteiger partial charge in [0, 0.05) is 45.3 Å². The third kappa shape index (κ3) is 5.83. The van der Waals surface area contributed by atoms with Gasteiger partial charge in [-0.05, 0) is 48.1 Å². The van der Waals surface area contributed by atoms with E-state index < -0.39 is 11.7 Å². The van der Waals surface area contributed by atoms with E-state index >= 15 is 0 Å². The number of fused-ring (bicyclic) bond motifs is 1. The van der Waals surface area contributed by atoms with Crippen molar-refractivity contribution in [1.82, 2.24) is 20.1 Å². The number of alkyl halides is 3. The van der Waals surface area contributed by atoms with Crippen LogP contribution in [-0.4, -0.2) is 46.2 Å². The number of amides is 2. The molecule has 2 aromatic rings. The minimum Gasteiger partial charge on any atom is -0.352 e. The largest absolute Gasteiger partial charge is 0.416 e. The Morgan fingerprint density at radius 2 is 1.97 bits per heavy atom. The van der Waals surface area contributed by atoms with Crippen LogP contribution in [0.4, 0.5) is 13.2 Å². The Labute approximate surface area is 203 Å². The topological polar surface area (TPSA) is 65.5 Å². The number of nitrogens with one attached hydrogen (secondary N) is 1. The SMILES string of the molecule is CC(C)[C@H]1c2ncc(C(=O)NCCCN3CCCC3=O)cc2CN1Cc1ccc(C(F)(F)F)cc1. The van der Waals surface area contributed by atoms with Crippen molar-refractivity contribution in [3.8, 4) is 0 Å². The van der Waals surface area contributed by atoms with Crippen molar-refractivity contribution in [1.29, 1.82) is 0 Å². The molecule has 0 bridgehead atoms. The summed E-state index contributed by atoms with van der Waals surface area (Å²) in [6.45, 7) is 7.17. The molecule has 1 atom stereocenters. The van der Waals surface area contributed by atoms with Gasteiger partial charge in [0.2, 0.25) is 5.91 Å². The van der Waals surface area contributed by atoms with Gasteiger partial charge in [-0.3, -0.25) is 19.5 Å². The van der Waals surface area contributed by atoms with E-state index in [1.165, 1.54) is 12.1 Å². The van der Waals surface area contributed by atoms with Gasteiger partial charge in [-0.2, -0.15) is 13.2 Å². The lowest BCUT2D eigenvalue weighted by Crippen LogP contribution is -2.30. The maximum absolute atomic E-state index is 12.9. The van der Waals surface area contributed by atoms with Crippen molar-refractivity contribution >= 4 is 11.8 Å². The van der Waals surface area contributed by atoms with Crippen molar-refractivity contribution in [3.63, 3.8) is 0 Å². The second-order valence-electron chi connectivity index (χ2n) is 9.65. The average Bonchev–Trinajstić information content (AvgIpc) is 3.38. The molecular weight excluding hydrogens is 457 g/mol. The summed E-state index contributed by atoms with van der Waals surface area (Å²) in [5.41, 5.74) is 2.50. The highest BCUT2D eigenvalue weighted by Gasteiger charge is 2.35. The fourth-order valence-corrected chi connectivity index (χ4v) is 4.97. The highest BCUT2D eigenvalue weighted by molar-refractivity contribution is 5.94. The second-order valence-corrected chi connectivity index (χ2v) is 9.65. The van der Waals surface area contributed by atoms with Crippen molar-refractivity contribution in [2.24, 2.45) is 5.92 Å². The van der Waals surface area contributed by atoms with Crippen LogP contribution in [0.3, 0.4) is 0 Å². The summed E-state index contributed by atoms with van der Waals surface area (Å²) in [7, 11) is 0. The average molecular weight is 489 g/mol. The number of carbonyl (C=O) groups is 2. The lowest BCUT2D eigenvalue weighted by Gasteiger charge is -2.27. The molecule has 4 rings (SSSR count). The number of pyridine rings is 1. The molecule has 1 fully saturated rings. The molecule has 6 nitrogen and oxygen atoms in total. The van der Waals surface area contributed by atoms with Gasteiger partial charge in [-0.15, -0.1) is 0 Å². The van der Waals surface area contributed by atoms with Crippen LogP contribution < -0.4 is 5.32 Å². The molecule has 3 heterocycles. The first kappa shape index (κ1) is 25.2. The summed E-state index contributed by atoms with van der Waals surface area (Å²) in [5.74, 6) is 0.223. The maximum Gasteiger partial charge on any atom is 0.416 e. The molecule has 0 radical (unpaired) electrons. The number of carbonyl (C=O) groups excluding carboxylic acids is 2. The number of rotatable bonds is 8. The van der Waals surface area contributed by atoms with Gasteiger partial charge >= 0.3 is 6.18 Å². The normalized spacial score (nSPS) is 18.4. The summed E-state index contributed by atoms with van der Waals surface area (Å²) in [5, 5.41) is 2.91. The summed E-state index contributed by atoms with van der Waals surface area (Å²) in [4.78, 5) is 33.0. The molecule has 2 aliphatic rings. The minimum atomic E-state index is -4.35. The Morgan fingerprint density at radius 1 is 1.23 bits per heavy atom. The van der Waals surface area contributed by atoms with E-state index in [4.69, 9.17) is 0 Å². The molecule has 1 aromatic carbocycles. The summed E-state index contributed by atoms with van der Waals surface area (Å²) in [6, 6.07) is 7.15. The Balaban J connectivity index is 1.38. The first-order valence-electron chi connectivity index (χ1n) is 12.1. The van der Waals surface area contributed by atoms with Crippen LogP contribution >= 0.6 is 0 Å². The number of hydrogen-bond acceptors (Lipinski definition) is 4. The monoisotopic (exact) mass is 488 g/mol. The fourth-order valence-electron chi connectivity index (χ4n) is 4.97. The zero-order chi connectivity index (χ0) is 25.2. The highest BCUT2D eigenvalue weighted by Crippen LogP contribution is 2.39. The van der Waals surface area contributed by atoms with Gasteiger partial charge in [0.05, 0.1) is 22.9 Å². The molecule has 0 saturated carbocycles. The van der Waals surface area contributed by atoms with Crippen molar-refractivity contribution < 1.29 is 22.8 Å². The third-order valence-corrected chi connectivity index (χ3v) is 6.67. The Kier molecular flexibility index (Phi) is 7.44. The minimum absolute atomic E-state index is 0.0161. The smallest absolute Gasteiger partial charge is 0.352 e. The predicted molar refractivity (Wildman–Crippen MR) is 125 cm³/mol. The lowest BCUT2D eigenvalue weighted by atomic mass is 9.99. The molecule has 1 aromatic heterocycles. The van der Waals surface area contributed by atoms with Crippen LogP contribution in [0.1, 0.15) is 71.9 Å². The number of aromatic nitrogens is 1. The quantitative estimate of drug-likeness (QED) is 0.554. The lowest BCUT2D eigenvalue weighted by molar-refractivity contribution is -0.137.